The normalized spacial score (nSPS) is 12.7. The predicted molar refractivity (Wildman–Crippen MR) is 81.5 cm³/mol. The molecular formula is C14H13ClN4O2. The van der Waals surface area contributed by atoms with E-state index in [4.69, 9.17) is 17.3 Å². The van der Waals surface area contributed by atoms with Crippen LogP contribution in [0.4, 0.5) is 5.95 Å². The van der Waals surface area contributed by atoms with E-state index >= 15 is 0 Å². The fourth-order valence-electron chi connectivity index (χ4n) is 2.40. The van der Waals surface area contributed by atoms with Gasteiger partial charge in [0.05, 0.1) is 6.61 Å². The Hall–Kier alpha value is -2.31. The number of rotatable bonds is 3. The van der Waals surface area contributed by atoms with Gasteiger partial charge in [0.15, 0.2) is 0 Å². The SMILES string of the molecule is Nc1nc2c(C(CO)c3ccc(Cl)cc3)c[nH]c2c(=O)[nH]1. The average Bonchev–Trinajstić information content (AvgIpc) is 2.86. The lowest BCUT2D eigenvalue weighted by atomic mass is 9.93. The van der Waals surface area contributed by atoms with E-state index in [0.717, 1.165) is 5.56 Å². The number of nitrogen functional groups attached to an aromatic ring is 1. The van der Waals surface area contributed by atoms with Gasteiger partial charge in [-0.15, -0.1) is 0 Å². The van der Waals surface area contributed by atoms with Gasteiger partial charge in [-0.25, -0.2) is 4.98 Å². The molecule has 6 nitrogen and oxygen atoms in total. The van der Waals surface area contributed by atoms with Crippen LogP contribution < -0.4 is 11.3 Å². The second-order valence-electron chi connectivity index (χ2n) is 4.71. The number of halogens is 1. The summed E-state index contributed by atoms with van der Waals surface area (Å²) in [5, 5.41) is 10.3. The van der Waals surface area contributed by atoms with E-state index in [2.05, 4.69) is 15.0 Å². The first-order valence-corrected chi connectivity index (χ1v) is 6.71. The Morgan fingerprint density at radius 3 is 2.71 bits per heavy atom. The summed E-state index contributed by atoms with van der Waals surface area (Å²) in [6.45, 7) is -0.122. The molecule has 0 aliphatic heterocycles. The van der Waals surface area contributed by atoms with E-state index in [0.29, 0.717) is 21.6 Å². The van der Waals surface area contributed by atoms with Crippen molar-refractivity contribution < 1.29 is 5.11 Å². The van der Waals surface area contributed by atoms with Gasteiger partial charge >= 0.3 is 0 Å². The number of nitrogens with one attached hydrogen (secondary N) is 2. The predicted octanol–water partition coefficient (Wildman–Crippen LogP) is 1.61. The smallest absolute Gasteiger partial charge is 0.276 e. The van der Waals surface area contributed by atoms with Gasteiger partial charge < -0.3 is 15.8 Å². The number of nitrogens with two attached hydrogens (primary N) is 1. The van der Waals surface area contributed by atoms with Crippen LogP contribution in [-0.2, 0) is 0 Å². The molecule has 1 unspecified atom stereocenters. The number of nitrogens with zero attached hydrogens (tertiary/aromatic N) is 1. The zero-order chi connectivity index (χ0) is 15.0. The number of aromatic amines is 2. The second-order valence-corrected chi connectivity index (χ2v) is 5.14. The van der Waals surface area contributed by atoms with Crippen molar-refractivity contribution in [3.05, 3.63) is 57.0 Å². The number of aromatic nitrogens is 3. The molecule has 3 aromatic rings. The summed E-state index contributed by atoms with van der Waals surface area (Å²) in [7, 11) is 0. The monoisotopic (exact) mass is 304 g/mol. The van der Waals surface area contributed by atoms with Crippen molar-refractivity contribution in [1.82, 2.24) is 15.0 Å². The van der Waals surface area contributed by atoms with Crippen molar-refractivity contribution in [2.75, 3.05) is 12.3 Å². The summed E-state index contributed by atoms with van der Waals surface area (Å²) in [6, 6.07) is 7.17. The van der Waals surface area contributed by atoms with E-state index < -0.39 is 0 Å². The third kappa shape index (κ3) is 2.39. The fourth-order valence-corrected chi connectivity index (χ4v) is 2.52. The molecule has 0 bridgehead atoms. The summed E-state index contributed by atoms with van der Waals surface area (Å²) in [4.78, 5) is 21.3. The number of H-pyrrole nitrogens is 2. The highest BCUT2D eigenvalue weighted by atomic mass is 35.5. The number of aliphatic hydroxyl groups is 1. The summed E-state index contributed by atoms with van der Waals surface area (Å²) < 4.78 is 0. The molecule has 108 valence electrons. The van der Waals surface area contributed by atoms with Crippen molar-refractivity contribution in [3.63, 3.8) is 0 Å². The number of hydrogen-bond donors (Lipinski definition) is 4. The first-order chi connectivity index (χ1) is 10.1. The maximum Gasteiger partial charge on any atom is 0.276 e. The van der Waals surface area contributed by atoms with Crippen molar-refractivity contribution in [2.24, 2.45) is 0 Å². The summed E-state index contributed by atoms with van der Waals surface area (Å²) in [5.74, 6) is -0.272. The summed E-state index contributed by atoms with van der Waals surface area (Å²) in [5.41, 5.74) is 7.65. The first-order valence-electron chi connectivity index (χ1n) is 6.33. The highest BCUT2D eigenvalue weighted by molar-refractivity contribution is 6.30. The van der Waals surface area contributed by atoms with Crippen LogP contribution in [0.15, 0.2) is 35.3 Å². The molecule has 0 saturated heterocycles. The minimum Gasteiger partial charge on any atom is -0.395 e. The molecule has 2 aromatic heterocycles. The molecule has 3 rings (SSSR count). The van der Waals surface area contributed by atoms with E-state index in [1.165, 1.54) is 0 Å². The van der Waals surface area contributed by atoms with Crippen molar-refractivity contribution in [1.29, 1.82) is 0 Å². The lowest BCUT2D eigenvalue weighted by molar-refractivity contribution is 0.281. The maximum absolute atomic E-state index is 11.8. The lowest BCUT2D eigenvalue weighted by Gasteiger charge is -2.13. The Bertz CT molecular complexity index is 838. The van der Waals surface area contributed by atoms with E-state index in [1.54, 1.807) is 18.3 Å². The zero-order valence-corrected chi connectivity index (χ0v) is 11.7. The number of hydrogen-bond acceptors (Lipinski definition) is 4. The number of anilines is 1. The molecule has 0 aliphatic rings. The van der Waals surface area contributed by atoms with Gasteiger partial charge in [-0.2, -0.15) is 0 Å². The molecule has 1 aromatic carbocycles. The largest absolute Gasteiger partial charge is 0.395 e. The molecule has 21 heavy (non-hydrogen) atoms. The fraction of sp³-hybridized carbons (Fsp3) is 0.143. The topological polar surface area (TPSA) is 108 Å². The van der Waals surface area contributed by atoms with Gasteiger partial charge in [-0.05, 0) is 17.7 Å². The van der Waals surface area contributed by atoms with E-state index in [1.807, 2.05) is 12.1 Å². The average molecular weight is 305 g/mol. The standard InChI is InChI=1S/C14H13ClN4O2/c15-8-3-1-7(2-4-8)10(6-20)9-5-17-12-11(9)18-14(16)19-13(12)21/h1-5,10,17,20H,6H2,(H3,16,18,19,21). The van der Waals surface area contributed by atoms with Crippen LogP contribution in [-0.4, -0.2) is 26.7 Å². The number of fused-ring (bicyclic) bond motifs is 1. The van der Waals surface area contributed by atoms with Gasteiger partial charge in [-0.1, -0.05) is 23.7 Å². The summed E-state index contributed by atoms with van der Waals surface area (Å²) in [6.07, 6.45) is 1.67. The van der Waals surface area contributed by atoms with Gasteiger partial charge in [0.2, 0.25) is 5.95 Å². The van der Waals surface area contributed by atoms with Crippen LogP contribution in [0.5, 0.6) is 0 Å². The van der Waals surface area contributed by atoms with Crippen LogP contribution in [0, 0.1) is 0 Å². The van der Waals surface area contributed by atoms with Gasteiger partial charge in [0.25, 0.3) is 5.56 Å². The summed E-state index contributed by atoms with van der Waals surface area (Å²) >= 11 is 5.88. The van der Waals surface area contributed by atoms with Crippen molar-refractivity contribution in [3.8, 4) is 0 Å². The molecule has 1 atom stereocenters. The third-order valence-corrected chi connectivity index (χ3v) is 3.67. The van der Waals surface area contributed by atoms with Crippen molar-refractivity contribution >= 4 is 28.6 Å². The maximum atomic E-state index is 11.8. The molecule has 7 heteroatoms. The molecule has 2 heterocycles. The second kappa shape index (κ2) is 5.23. The first kappa shape index (κ1) is 13.7. The molecule has 0 amide bonds. The number of benzene rings is 1. The molecule has 0 saturated carbocycles. The van der Waals surface area contributed by atoms with E-state index in [9.17, 15) is 9.90 Å². The van der Waals surface area contributed by atoms with Crippen LogP contribution >= 0.6 is 11.6 Å². The van der Waals surface area contributed by atoms with Gasteiger partial charge in [0, 0.05) is 22.7 Å². The molecule has 0 aliphatic carbocycles. The molecule has 0 radical (unpaired) electrons. The van der Waals surface area contributed by atoms with Crippen LogP contribution in [0.1, 0.15) is 17.0 Å². The Labute approximate surface area is 124 Å². The Morgan fingerprint density at radius 1 is 1.33 bits per heavy atom. The van der Waals surface area contributed by atoms with Crippen LogP contribution in [0.2, 0.25) is 5.02 Å². The van der Waals surface area contributed by atoms with Gasteiger partial charge in [-0.3, -0.25) is 9.78 Å². The van der Waals surface area contributed by atoms with Gasteiger partial charge in [0.1, 0.15) is 11.0 Å². The molecule has 0 fully saturated rings. The molecular weight excluding hydrogens is 292 g/mol. The number of aliphatic hydroxyl groups excluding tert-OH is 1. The molecule has 5 N–H and O–H groups in total. The van der Waals surface area contributed by atoms with Crippen LogP contribution in [0.3, 0.4) is 0 Å². The Morgan fingerprint density at radius 2 is 2.05 bits per heavy atom. The highest BCUT2D eigenvalue weighted by Crippen LogP contribution is 2.29. The highest BCUT2D eigenvalue weighted by Gasteiger charge is 2.19. The zero-order valence-electron chi connectivity index (χ0n) is 10.9. The quantitative estimate of drug-likeness (QED) is 0.589. The lowest BCUT2D eigenvalue weighted by Crippen LogP contribution is -2.12. The Balaban J connectivity index is 2.17. The van der Waals surface area contributed by atoms with Crippen molar-refractivity contribution in [2.45, 2.75) is 5.92 Å². The third-order valence-electron chi connectivity index (χ3n) is 3.41. The van der Waals surface area contributed by atoms with E-state index in [-0.39, 0.29) is 24.0 Å². The minimum atomic E-state index is -0.337. The van der Waals surface area contributed by atoms with Crippen LogP contribution in [0.25, 0.3) is 11.0 Å². The minimum absolute atomic E-state index is 0.0427. The molecule has 0 spiro atoms. The Kier molecular flexibility index (Phi) is 3.40.